The van der Waals surface area contributed by atoms with Gasteiger partial charge in [0.1, 0.15) is 6.04 Å². The van der Waals surface area contributed by atoms with Crippen LogP contribution in [0.4, 0.5) is 5.69 Å². The van der Waals surface area contributed by atoms with E-state index >= 15 is 0 Å². The third-order valence-corrected chi connectivity index (χ3v) is 4.07. The number of likely N-dealkylation sites (tertiary alicyclic amines) is 1. The van der Waals surface area contributed by atoms with Crippen molar-refractivity contribution in [3.05, 3.63) is 36.5 Å². The number of carbonyl (C=O) groups excluding carboxylic acids is 2. The molecule has 0 bridgehead atoms. The normalized spacial score (nSPS) is 22.1. The Morgan fingerprint density at radius 1 is 1.14 bits per heavy atom. The summed E-state index contributed by atoms with van der Waals surface area (Å²) >= 11 is 0. The van der Waals surface area contributed by atoms with Gasteiger partial charge in [0.2, 0.25) is 5.91 Å². The molecule has 0 spiro atoms. The molecular formula is C16H15N3O2. The van der Waals surface area contributed by atoms with Crippen molar-refractivity contribution in [3.63, 3.8) is 0 Å². The first-order valence-electron chi connectivity index (χ1n) is 7.20. The quantitative estimate of drug-likeness (QED) is 0.873. The van der Waals surface area contributed by atoms with Crippen LogP contribution in [0.25, 0.3) is 10.9 Å². The van der Waals surface area contributed by atoms with Crippen LogP contribution >= 0.6 is 0 Å². The van der Waals surface area contributed by atoms with Gasteiger partial charge in [-0.15, -0.1) is 0 Å². The second kappa shape index (κ2) is 4.55. The molecule has 2 aromatic rings. The molecular weight excluding hydrogens is 266 g/mol. The summed E-state index contributed by atoms with van der Waals surface area (Å²) in [5.74, 6) is -0.151. The highest BCUT2D eigenvalue weighted by molar-refractivity contribution is 6.08. The molecule has 1 saturated heterocycles. The number of amides is 2. The van der Waals surface area contributed by atoms with Gasteiger partial charge < -0.3 is 5.32 Å². The van der Waals surface area contributed by atoms with Gasteiger partial charge in [0, 0.05) is 23.3 Å². The highest BCUT2D eigenvalue weighted by Gasteiger charge is 2.46. The summed E-state index contributed by atoms with van der Waals surface area (Å²) in [6.45, 7) is 0. The topological polar surface area (TPSA) is 62.3 Å². The van der Waals surface area contributed by atoms with Crippen molar-refractivity contribution in [2.45, 2.75) is 31.3 Å². The molecule has 21 heavy (non-hydrogen) atoms. The molecule has 1 aliphatic heterocycles. The molecule has 2 heterocycles. The maximum Gasteiger partial charge on any atom is 0.252 e. The zero-order valence-electron chi connectivity index (χ0n) is 11.5. The summed E-state index contributed by atoms with van der Waals surface area (Å²) in [5, 5.41) is 4.19. The van der Waals surface area contributed by atoms with Crippen molar-refractivity contribution in [3.8, 4) is 0 Å². The number of rotatable bonds is 3. The molecule has 1 N–H and O–H groups in total. The van der Waals surface area contributed by atoms with Gasteiger partial charge >= 0.3 is 0 Å². The van der Waals surface area contributed by atoms with Gasteiger partial charge in [-0.3, -0.25) is 19.5 Å². The molecule has 4 rings (SSSR count). The Morgan fingerprint density at radius 2 is 2.00 bits per heavy atom. The predicted octanol–water partition coefficient (Wildman–Crippen LogP) is 1.94. The lowest BCUT2D eigenvalue weighted by molar-refractivity contribution is -0.139. The minimum absolute atomic E-state index is 0.0571. The summed E-state index contributed by atoms with van der Waals surface area (Å²) < 4.78 is 0. The van der Waals surface area contributed by atoms with Gasteiger partial charge in [-0.1, -0.05) is 6.07 Å². The van der Waals surface area contributed by atoms with E-state index in [1.165, 1.54) is 4.90 Å². The first-order valence-corrected chi connectivity index (χ1v) is 7.20. The second-order valence-electron chi connectivity index (χ2n) is 5.61. The minimum Gasteiger partial charge on any atom is -0.373 e. The van der Waals surface area contributed by atoms with Crippen molar-refractivity contribution in [1.82, 2.24) is 9.88 Å². The Labute approximate surface area is 122 Å². The Hall–Kier alpha value is -2.43. The van der Waals surface area contributed by atoms with Crippen LogP contribution in [0.1, 0.15) is 19.3 Å². The van der Waals surface area contributed by atoms with E-state index in [-0.39, 0.29) is 24.3 Å². The number of hydrogen-bond donors (Lipinski definition) is 1. The zero-order chi connectivity index (χ0) is 14.4. The van der Waals surface area contributed by atoms with Gasteiger partial charge in [-0.2, -0.15) is 0 Å². The molecule has 1 unspecified atom stereocenters. The highest BCUT2D eigenvalue weighted by Crippen LogP contribution is 2.33. The molecule has 0 radical (unpaired) electrons. The number of carbonyl (C=O) groups is 2. The van der Waals surface area contributed by atoms with Gasteiger partial charge in [0.05, 0.1) is 11.9 Å². The summed E-state index contributed by atoms with van der Waals surface area (Å²) in [7, 11) is 0. The van der Waals surface area contributed by atoms with E-state index < -0.39 is 6.04 Å². The Morgan fingerprint density at radius 3 is 2.81 bits per heavy atom. The lowest BCUT2D eigenvalue weighted by atomic mass is 10.1. The van der Waals surface area contributed by atoms with Crippen LogP contribution in [0.5, 0.6) is 0 Å². The van der Waals surface area contributed by atoms with Crippen LogP contribution < -0.4 is 5.32 Å². The summed E-state index contributed by atoms with van der Waals surface area (Å²) in [5.41, 5.74) is 1.72. The molecule has 1 aromatic carbocycles. The monoisotopic (exact) mass is 281 g/mol. The average molecular weight is 281 g/mol. The summed E-state index contributed by atoms with van der Waals surface area (Å²) in [6, 6.07) is 9.27. The minimum atomic E-state index is -0.455. The predicted molar refractivity (Wildman–Crippen MR) is 78.6 cm³/mol. The Kier molecular flexibility index (Phi) is 2.67. The largest absolute Gasteiger partial charge is 0.373 e. The summed E-state index contributed by atoms with van der Waals surface area (Å²) in [4.78, 5) is 30.1. The number of benzene rings is 1. The van der Waals surface area contributed by atoms with Crippen LogP contribution in [-0.4, -0.2) is 33.8 Å². The van der Waals surface area contributed by atoms with Gasteiger partial charge in [-0.05, 0) is 37.1 Å². The number of pyridine rings is 1. The molecule has 1 aliphatic carbocycles. The van der Waals surface area contributed by atoms with E-state index in [2.05, 4.69) is 10.3 Å². The number of hydrogen-bond acceptors (Lipinski definition) is 4. The molecule has 1 atom stereocenters. The van der Waals surface area contributed by atoms with E-state index in [0.717, 1.165) is 29.4 Å². The van der Waals surface area contributed by atoms with Crippen LogP contribution in [0.2, 0.25) is 0 Å². The third kappa shape index (κ3) is 2.05. The maximum atomic E-state index is 12.4. The molecule has 1 aromatic heterocycles. The van der Waals surface area contributed by atoms with Crippen molar-refractivity contribution >= 4 is 28.4 Å². The van der Waals surface area contributed by atoms with Crippen molar-refractivity contribution < 1.29 is 9.59 Å². The average Bonchev–Trinajstić information content (AvgIpc) is 3.27. The van der Waals surface area contributed by atoms with Crippen molar-refractivity contribution in [2.24, 2.45) is 0 Å². The van der Waals surface area contributed by atoms with E-state index in [0.29, 0.717) is 0 Å². The Bertz CT molecular complexity index is 734. The third-order valence-electron chi connectivity index (χ3n) is 4.07. The fraction of sp³-hybridized carbons (Fsp3) is 0.312. The number of imide groups is 1. The number of anilines is 1. The van der Waals surface area contributed by atoms with Crippen molar-refractivity contribution in [1.29, 1.82) is 0 Å². The molecule has 5 nitrogen and oxygen atoms in total. The fourth-order valence-electron chi connectivity index (χ4n) is 2.90. The van der Waals surface area contributed by atoms with Gasteiger partial charge in [0.25, 0.3) is 5.91 Å². The van der Waals surface area contributed by atoms with E-state index in [9.17, 15) is 9.59 Å². The van der Waals surface area contributed by atoms with Crippen LogP contribution in [0.3, 0.4) is 0 Å². The second-order valence-corrected chi connectivity index (χ2v) is 5.61. The van der Waals surface area contributed by atoms with E-state index in [1.807, 2.05) is 30.3 Å². The van der Waals surface area contributed by atoms with Crippen LogP contribution in [-0.2, 0) is 9.59 Å². The highest BCUT2D eigenvalue weighted by atomic mass is 16.2. The lowest BCUT2D eigenvalue weighted by Crippen LogP contribution is -2.36. The first kappa shape index (κ1) is 12.3. The number of fused-ring (bicyclic) bond motifs is 1. The molecule has 2 amide bonds. The number of nitrogens with one attached hydrogen (secondary N) is 1. The Balaban J connectivity index is 1.63. The van der Waals surface area contributed by atoms with E-state index in [4.69, 9.17) is 0 Å². The molecule has 106 valence electrons. The van der Waals surface area contributed by atoms with E-state index in [1.54, 1.807) is 6.20 Å². The fourth-order valence-corrected chi connectivity index (χ4v) is 2.90. The SMILES string of the molecule is O=C1CC(Nc2cccc3ncccc23)C(=O)N1C1CC1. The first-order chi connectivity index (χ1) is 10.2. The smallest absolute Gasteiger partial charge is 0.252 e. The van der Waals surface area contributed by atoms with Gasteiger partial charge in [-0.25, -0.2) is 0 Å². The number of aromatic nitrogens is 1. The standard InChI is InChI=1S/C16H15N3O2/c20-15-9-14(16(21)19(15)10-6-7-10)18-13-5-1-4-12-11(13)3-2-8-17-12/h1-5,8,10,14,18H,6-7,9H2. The summed E-state index contributed by atoms with van der Waals surface area (Å²) in [6.07, 6.45) is 3.88. The van der Waals surface area contributed by atoms with Gasteiger partial charge in [0.15, 0.2) is 0 Å². The molecule has 2 aliphatic rings. The number of nitrogens with zero attached hydrogens (tertiary/aromatic N) is 2. The lowest BCUT2D eigenvalue weighted by Gasteiger charge is -2.16. The molecule has 1 saturated carbocycles. The molecule has 2 fully saturated rings. The zero-order valence-corrected chi connectivity index (χ0v) is 11.5. The maximum absolute atomic E-state index is 12.4. The van der Waals surface area contributed by atoms with Crippen LogP contribution in [0, 0.1) is 0 Å². The molecule has 5 heteroatoms. The van der Waals surface area contributed by atoms with Crippen molar-refractivity contribution in [2.75, 3.05) is 5.32 Å². The van der Waals surface area contributed by atoms with Crippen LogP contribution in [0.15, 0.2) is 36.5 Å².